The number of halogens is 5. The van der Waals surface area contributed by atoms with Crippen LogP contribution in [0.3, 0.4) is 0 Å². The standard InChI is InChI=1S/C12H10ClF4NO3/c13-8-4-7(14)2-1-6(8)3-10(19)18-9(11(20)21)5-12(15,16)17/h1-2,4,9H,3,5H2,(H,18,19)(H,20,21). The lowest BCUT2D eigenvalue weighted by atomic mass is 10.1. The molecule has 0 fully saturated rings. The molecular weight excluding hydrogens is 318 g/mol. The molecule has 1 amide bonds. The van der Waals surface area contributed by atoms with Crippen LogP contribution in [0.15, 0.2) is 18.2 Å². The molecule has 9 heteroatoms. The predicted molar refractivity (Wildman–Crippen MR) is 65.4 cm³/mol. The predicted octanol–water partition coefficient (Wildman–Crippen LogP) is 2.54. The van der Waals surface area contributed by atoms with E-state index in [0.29, 0.717) is 0 Å². The highest BCUT2D eigenvalue weighted by atomic mass is 35.5. The van der Waals surface area contributed by atoms with Gasteiger partial charge < -0.3 is 10.4 Å². The van der Waals surface area contributed by atoms with Gasteiger partial charge in [-0.2, -0.15) is 13.2 Å². The summed E-state index contributed by atoms with van der Waals surface area (Å²) in [7, 11) is 0. The van der Waals surface area contributed by atoms with Gasteiger partial charge in [0.15, 0.2) is 0 Å². The van der Waals surface area contributed by atoms with Crippen LogP contribution in [0, 0.1) is 5.82 Å². The summed E-state index contributed by atoms with van der Waals surface area (Å²) in [6.45, 7) is 0. The normalized spacial score (nSPS) is 12.8. The van der Waals surface area contributed by atoms with Crippen molar-refractivity contribution in [3.05, 3.63) is 34.6 Å². The Morgan fingerprint density at radius 3 is 2.43 bits per heavy atom. The third-order valence-corrected chi connectivity index (χ3v) is 2.79. The Labute approximate surface area is 121 Å². The minimum absolute atomic E-state index is 0.0761. The van der Waals surface area contributed by atoms with Crippen LogP contribution in [0.4, 0.5) is 17.6 Å². The Morgan fingerprint density at radius 2 is 1.95 bits per heavy atom. The molecule has 0 bridgehead atoms. The van der Waals surface area contributed by atoms with Crippen LogP contribution in [0.1, 0.15) is 12.0 Å². The number of benzene rings is 1. The zero-order chi connectivity index (χ0) is 16.2. The van der Waals surface area contributed by atoms with Gasteiger partial charge in [-0.05, 0) is 17.7 Å². The van der Waals surface area contributed by atoms with Gasteiger partial charge in [0, 0.05) is 5.02 Å². The van der Waals surface area contributed by atoms with Gasteiger partial charge in [0.25, 0.3) is 0 Å². The number of aliphatic carboxylic acids is 1. The van der Waals surface area contributed by atoms with Crippen LogP contribution < -0.4 is 5.32 Å². The van der Waals surface area contributed by atoms with Crippen LogP contribution >= 0.6 is 11.6 Å². The monoisotopic (exact) mass is 327 g/mol. The first-order valence-corrected chi connectivity index (χ1v) is 5.99. The second kappa shape index (κ2) is 6.75. The summed E-state index contributed by atoms with van der Waals surface area (Å²) in [5, 5.41) is 10.3. The van der Waals surface area contributed by atoms with E-state index in [4.69, 9.17) is 16.7 Å². The number of carbonyl (C=O) groups is 2. The summed E-state index contributed by atoms with van der Waals surface area (Å²) in [6.07, 6.45) is -6.88. The molecule has 0 aromatic heterocycles. The molecule has 0 aliphatic rings. The number of alkyl halides is 3. The van der Waals surface area contributed by atoms with Crippen LogP contribution in [-0.4, -0.2) is 29.2 Å². The number of hydrogen-bond acceptors (Lipinski definition) is 2. The van der Waals surface area contributed by atoms with E-state index in [2.05, 4.69) is 0 Å². The van der Waals surface area contributed by atoms with Crippen molar-refractivity contribution >= 4 is 23.5 Å². The van der Waals surface area contributed by atoms with Gasteiger partial charge in [0.1, 0.15) is 11.9 Å². The fraction of sp³-hybridized carbons (Fsp3) is 0.333. The van der Waals surface area contributed by atoms with Crippen molar-refractivity contribution in [2.45, 2.75) is 25.1 Å². The maximum atomic E-state index is 12.8. The zero-order valence-electron chi connectivity index (χ0n) is 10.4. The van der Waals surface area contributed by atoms with Crippen molar-refractivity contribution < 1.29 is 32.3 Å². The van der Waals surface area contributed by atoms with Gasteiger partial charge >= 0.3 is 12.1 Å². The quantitative estimate of drug-likeness (QED) is 0.817. The summed E-state index contributed by atoms with van der Waals surface area (Å²) in [6, 6.07) is 1.07. The SMILES string of the molecule is O=C(Cc1ccc(F)cc1Cl)NC(CC(F)(F)F)C(=O)O. The van der Waals surface area contributed by atoms with Gasteiger partial charge in [-0.3, -0.25) is 4.79 Å². The number of carbonyl (C=O) groups excluding carboxylic acids is 1. The average molecular weight is 328 g/mol. The molecule has 1 aromatic carbocycles. The molecule has 0 saturated carbocycles. The highest BCUT2D eigenvalue weighted by Gasteiger charge is 2.36. The number of carboxylic acids is 1. The van der Waals surface area contributed by atoms with E-state index in [0.717, 1.165) is 12.1 Å². The summed E-state index contributed by atoms with van der Waals surface area (Å²) in [4.78, 5) is 22.2. The molecule has 21 heavy (non-hydrogen) atoms. The van der Waals surface area contributed by atoms with E-state index in [1.165, 1.54) is 6.07 Å². The van der Waals surface area contributed by atoms with Gasteiger partial charge in [-0.1, -0.05) is 17.7 Å². The minimum atomic E-state index is -4.73. The molecule has 4 nitrogen and oxygen atoms in total. The molecule has 0 aliphatic carbocycles. The molecule has 1 atom stereocenters. The summed E-state index contributed by atoms with van der Waals surface area (Å²) in [5.41, 5.74) is 0.173. The van der Waals surface area contributed by atoms with E-state index in [1.54, 1.807) is 5.32 Å². The average Bonchev–Trinajstić information content (AvgIpc) is 2.30. The van der Waals surface area contributed by atoms with Gasteiger partial charge in [-0.15, -0.1) is 0 Å². The van der Waals surface area contributed by atoms with E-state index in [1.807, 2.05) is 0 Å². The summed E-state index contributed by atoms with van der Waals surface area (Å²) in [5.74, 6) is -3.39. The van der Waals surface area contributed by atoms with Gasteiger partial charge in [0.05, 0.1) is 12.8 Å². The largest absolute Gasteiger partial charge is 0.480 e. The molecule has 116 valence electrons. The minimum Gasteiger partial charge on any atom is -0.480 e. The molecule has 1 aromatic rings. The number of amides is 1. The van der Waals surface area contributed by atoms with Crippen molar-refractivity contribution in [1.82, 2.24) is 5.32 Å². The number of hydrogen-bond donors (Lipinski definition) is 2. The van der Waals surface area contributed by atoms with Crippen molar-refractivity contribution in [2.24, 2.45) is 0 Å². The number of rotatable bonds is 5. The van der Waals surface area contributed by atoms with E-state index >= 15 is 0 Å². The number of carboxylic acid groups (broad SMARTS) is 1. The second-order valence-electron chi connectivity index (χ2n) is 4.19. The lowest BCUT2D eigenvalue weighted by Gasteiger charge is -2.16. The molecule has 1 rings (SSSR count). The van der Waals surface area contributed by atoms with E-state index in [-0.39, 0.29) is 10.6 Å². The Morgan fingerprint density at radius 1 is 1.33 bits per heavy atom. The lowest BCUT2D eigenvalue weighted by molar-refractivity contribution is -0.159. The van der Waals surface area contributed by atoms with Crippen LogP contribution in [0.25, 0.3) is 0 Å². The molecule has 1 unspecified atom stereocenters. The molecular formula is C12H10ClF4NO3. The maximum Gasteiger partial charge on any atom is 0.391 e. The molecule has 2 N–H and O–H groups in total. The van der Waals surface area contributed by atoms with Crippen molar-refractivity contribution in [2.75, 3.05) is 0 Å². The lowest BCUT2D eigenvalue weighted by Crippen LogP contribution is -2.44. The fourth-order valence-corrected chi connectivity index (χ4v) is 1.75. The topological polar surface area (TPSA) is 66.4 Å². The molecule has 0 spiro atoms. The molecule has 0 heterocycles. The highest BCUT2D eigenvalue weighted by molar-refractivity contribution is 6.31. The van der Waals surface area contributed by atoms with Gasteiger partial charge in [-0.25, -0.2) is 9.18 Å². The van der Waals surface area contributed by atoms with E-state index < -0.39 is 42.8 Å². The Kier molecular flexibility index (Phi) is 5.54. The Balaban J connectivity index is 2.72. The first-order chi connectivity index (χ1) is 9.58. The Bertz CT molecular complexity index is 548. The smallest absolute Gasteiger partial charge is 0.391 e. The summed E-state index contributed by atoms with van der Waals surface area (Å²) >= 11 is 5.66. The van der Waals surface area contributed by atoms with Crippen molar-refractivity contribution in [3.63, 3.8) is 0 Å². The van der Waals surface area contributed by atoms with E-state index in [9.17, 15) is 27.2 Å². The van der Waals surface area contributed by atoms with Crippen molar-refractivity contribution in [3.8, 4) is 0 Å². The van der Waals surface area contributed by atoms with Crippen molar-refractivity contribution in [1.29, 1.82) is 0 Å². The van der Waals surface area contributed by atoms with Gasteiger partial charge in [0.2, 0.25) is 5.91 Å². The molecule has 0 radical (unpaired) electrons. The third-order valence-electron chi connectivity index (χ3n) is 2.44. The first kappa shape index (κ1) is 17.2. The van der Waals surface area contributed by atoms with Crippen LogP contribution in [-0.2, 0) is 16.0 Å². The van der Waals surface area contributed by atoms with Crippen LogP contribution in [0.5, 0.6) is 0 Å². The Hall–Kier alpha value is -1.83. The number of nitrogens with one attached hydrogen (secondary N) is 1. The zero-order valence-corrected chi connectivity index (χ0v) is 11.1. The highest BCUT2D eigenvalue weighted by Crippen LogP contribution is 2.22. The second-order valence-corrected chi connectivity index (χ2v) is 4.60. The molecule has 0 saturated heterocycles. The molecule has 0 aliphatic heterocycles. The maximum absolute atomic E-state index is 12.8. The third kappa shape index (κ3) is 5.99. The summed E-state index contributed by atoms with van der Waals surface area (Å²) < 4.78 is 49.3. The first-order valence-electron chi connectivity index (χ1n) is 5.61. The fourth-order valence-electron chi connectivity index (χ4n) is 1.51. The van der Waals surface area contributed by atoms with Crippen LogP contribution in [0.2, 0.25) is 5.02 Å².